The molecular weight excluding hydrogens is 391 g/mol. The van der Waals surface area contributed by atoms with Crippen LogP contribution < -0.4 is 5.32 Å². The van der Waals surface area contributed by atoms with Gasteiger partial charge in [-0.1, -0.05) is 48.0 Å². The Hall–Kier alpha value is -2.40. The van der Waals surface area contributed by atoms with E-state index in [1.165, 1.54) is 11.0 Å². The number of carbonyl (C=O) groups excluding carboxylic acids is 2. The van der Waals surface area contributed by atoms with E-state index in [2.05, 4.69) is 5.32 Å². The van der Waals surface area contributed by atoms with Crippen molar-refractivity contribution in [3.05, 3.63) is 70.5 Å². The molecule has 2 amide bonds. The Morgan fingerprint density at radius 1 is 1.07 bits per heavy atom. The molecule has 0 aromatic heterocycles. The molecule has 0 heterocycles. The minimum Gasteiger partial charge on any atom is -0.350 e. The van der Waals surface area contributed by atoms with Gasteiger partial charge >= 0.3 is 0 Å². The highest BCUT2D eigenvalue weighted by atomic mass is 35.5. The molecule has 0 bridgehead atoms. The lowest BCUT2D eigenvalue weighted by Gasteiger charge is -2.31. The summed E-state index contributed by atoms with van der Waals surface area (Å²) in [5.41, 5.74) is 0.796. The van der Waals surface area contributed by atoms with Crippen molar-refractivity contribution < 1.29 is 14.0 Å². The van der Waals surface area contributed by atoms with Gasteiger partial charge in [-0.25, -0.2) is 4.39 Å². The molecule has 0 unspecified atom stereocenters. The van der Waals surface area contributed by atoms with Gasteiger partial charge in [0.25, 0.3) is 0 Å². The van der Waals surface area contributed by atoms with Gasteiger partial charge in [-0.2, -0.15) is 0 Å². The average Bonchev–Trinajstić information content (AvgIpc) is 2.64. The van der Waals surface area contributed by atoms with Gasteiger partial charge in [0.05, 0.1) is 0 Å². The normalized spacial score (nSPS) is 12.3. The third-order valence-corrected chi connectivity index (χ3v) is 4.90. The summed E-state index contributed by atoms with van der Waals surface area (Å²) in [6.07, 6.45) is 0.616. The second kappa shape index (κ2) is 9.88. The van der Waals surface area contributed by atoms with Gasteiger partial charge < -0.3 is 10.2 Å². The summed E-state index contributed by atoms with van der Waals surface area (Å²) in [7, 11) is 0. The Kier molecular flexibility index (Phi) is 7.80. The Balaban J connectivity index is 2.20. The van der Waals surface area contributed by atoms with Crippen molar-refractivity contribution in [1.29, 1.82) is 0 Å². The topological polar surface area (TPSA) is 49.4 Å². The van der Waals surface area contributed by atoms with Crippen LogP contribution >= 0.6 is 11.6 Å². The molecule has 0 radical (unpaired) electrons. The van der Waals surface area contributed by atoms with Crippen molar-refractivity contribution in [2.45, 2.75) is 58.7 Å². The van der Waals surface area contributed by atoms with Crippen LogP contribution in [0.1, 0.15) is 45.2 Å². The van der Waals surface area contributed by atoms with Gasteiger partial charge in [-0.05, 0) is 51.8 Å². The largest absolute Gasteiger partial charge is 0.350 e. The Labute approximate surface area is 177 Å². The lowest BCUT2D eigenvalue weighted by molar-refractivity contribution is -0.141. The van der Waals surface area contributed by atoms with E-state index in [1.807, 2.05) is 39.0 Å². The number of halogens is 2. The van der Waals surface area contributed by atoms with E-state index in [0.29, 0.717) is 17.0 Å². The van der Waals surface area contributed by atoms with E-state index >= 15 is 0 Å². The SMILES string of the molecule is C[C@H](C(=O)NC(C)(C)C)N(Cc1ccccc1F)C(=O)CCc1ccccc1Cl. The summed E-state index contributed by atoms with van der Waals surface area (Å²) in [5.74, 6) is -0.913. The molecule has 2 rings (SSSR count). The molecule has 156 valence electrons. The number of hydrogen-bond acceptors (Lipinski definition) is 2. The Morgan fingerprint density at radius 2 is 1.66 bits per heavy atom. The fourth-order valence-electron chi connectivity index (χ4n) is 2.95. The molecule has 0 saturated carbocycles. The Morgan fingerprint density at radius 3 is 2.24 bits per heavy atom. The Bertz CT molecular complexity index is 864. The minimum atomic E-state index is -0.743. The average molecular weight is 419 g/mol. The lowest BCUT2D eigenvalue weighted by atomic mass is 10.1. The highest BCUT2D eigenvalue weighted by Crippen LogP contribution is 2.19. The molecule has 0 saturated heterocycles. The van der Waals surface area contributed by atoms with Crippen molar-refractivity contribution in [2.24, 2.45) is 0 Å². The van der Waals surface area contributed by atoms with Gasteiger partial charge in [0, 0.05) is 29.1 Å². The first-order valence-corrected chi connectivity index (χ1v) is 10.0. The summed E-state index contributed by atoms with van der Waals surface area (Å²) in [5, 5.41) is 3.49. The molecule has 0 spiro atoms. The quantitative estimate of drug-likeness (QED) is 0.705. The summed E-state index contributed by atoms with van der Waals surface area (Å²) in [6.45, 7) is 7.30. The van der Waals surface area contributed by atoms with Gasteiger partial charge in [-0.3, -0.25) is 9.59 Å². The molecule has 2 aromatic rings. The van der Waals surface area contributed by atoms with E-state index in [4.69, 9.17) is 11.6 Å². The van der Waals surface area contributed by atoms with Crippen LogP contribution in [0.3, 0.4) is 0 Å². The van der Waals surface area contributed by atoms with E-state index in [0.717, 1.165) is 5.56 Å². The second-order valence-electron chi connectivity index (χ2n) is 8.12. The second-order valence-corrected chi connectivity index (χ2v) is 8.53. The van der Waals surface area contributed by atoms with Crippen molar-refractivity contribution >= 4 is 23.4 Å². The molecule has 0 aliphatic rings. The van der Waals surface area contributed by atoms with E-state index < -0.39 is 17.4 Å². The van der Waals surface area contributed by atoms with Gasteiger partial charge in [0.1, 0.15) is 11.9 Å². The molecule has 4 nitrogen and oxygen atoms in total. The lowest BCUT2D eigenvalue weighted by Crippen LogP contribution is -2.52. The number of hydrogen-bond donors (Lipinski definition) is 1. The van der Waals surface area contributed by atoms with Crippen LogP contribution in [0, 0.1) is 5.82 Å². The van der Waals surface area contributed by atoms with E-state index in [1.54, 1.807) is 31.2 Å². The van der Waals surface area contributed by atoms with Gasteiger partial charge in [0.2, 0.25) is 11.8 Å². The highest BCUT2D eigenvalue weighted by molar-refractivity contribution is 6.31. The number of aryl methyl sites for hydroxylation is 1. The number of carbonyl (C=O) groups is 2. The summed E-state index contributed by atoms with van der Waals surface area (Å²) >= 11 is 6.18. The van der Waals surface area contributed by atoms with Gasteiger partial charge in [0.15, 0.2) is 0 Å². The van der Waals surface area contributed by atoms with Crippen molar-refractivity contribution in [3.8, 4) is 0 Å². The van der Waals surface area contributed by atoms with Crippen molar-refractivity contribution in [1.82, 2.24) is 10.2 Å². The van der Waals surface area contributed by atoms with Crippen LogP contribution in [0.15, 0.2) is 48.5 Å². The van der Waals surface area contributed by atoms with Crippen LogP contribution in [-0.2, 0) is 22.6 Å². The number of rotatable bonds is 7. The van der Waals surface area contributed by atoms with Crippen LogP contribution in [0.25, 0.3) is 0 Å². The molecule has 29 heavy (non-hydrogen) atoms. The smallest absolute Gasteiger partial charge is 0.242 e. The first-order valence-electron chi connectivity index (χ1n) is 9.67. The van der Waals surface area contributed by atoms with E-state index in [-0.39, 0.29) is 24.8 Å². The number of nitrogens with zero attached hydrogens (tertiary/aromatic N) is 1. The summed E-state index contributed by atoms with van der Waals surface area (Å²) < 4.78 is 14.2. The zero-order valence-corrected chi connectivity index (χ0v) is 18.1. The number of benzene rings is 2. The summed E-state index contributed by atoms with van der Waals surface area (Å²) in [6, 6.07) is 12.9. The summed E-state index contributed by atoms with van der Waals surface area (Å²) in [4.78, 5) is 27.2. The number of nitrogens with one attached hydrogen (secondary N) is 1. The zero-order chi connectivity index (χ0) is 21.6. The van der Waals surface area contributed by atoms with Crippen LogP contribution in [0.4, 0.5) is 4.39 Å². The molecule has 6 heteroatoms. The van der Waals surface area contributed by atoms with Gasteiger partial charge in [-0.15, -0.1) is 0 Å². The monoisotopic (exact) mass is 418 g/mol. The maximum Gasteiger partial charge on any atom is 0.242 e. The zero-order valence-electron chi connectivity index (χ0n) is 17.3. The molecule has 0 aliphatic carbocycles. The maximum atomic E-state index is 14.2. The highest BCUT2D eigenvalue weighted by Gasteiger charge is 2.28. The van der Waals surface area contributed by atoms with Crippen molar-refractivity contribution in [3.63, 3.8) is 0 Å². The van der Waals surface area contributed by atoms with Crippen LogP contribution in [0.2, 0.25) is 5.02 Å². The molecule has 1 N–H and O–H groups in total. The molecule has 0 aliphatic heterocycles. The van der Waals surface area contributed by atoms with Crippen LogP contribution in [0.5, 0.6) is 0 Å². The number of amides is 2. The standard InChI is InChI=1S/C23H28ClFN2O2/c1-16(22(29)26-23(2,3)4)27(15-18-10-6-8-12-20(18)25)21(28)14-13-17-9-5-7-11-19(17)24/h5-12,16H,13-15H2,1-4H3,(H,26,29)/t16-/m1/s1. The third kappa shape index (κ3) is 6.86. The predicted molar refractivity (Wildman–Crippen MR) is 114 cm³/mol. The fraction of sp³-hybridized carbons (Fsp3) is 0.391. The first kappa shape index (κ1) is 22.9. The van der Waals surface area contributed by atoms with E-state index in [9.17, 15) is 14.0 Å². The molecule has 0 fully saturated rings. The third-order valence-electron chi connectivity index (χ3n) is 4.53. The minimum absolute atomic E-state index is 0.0206. The molecular formula is C23H28ClFN2O2. The fourth-order valence-corrected chi connectivity index (χ4v) is 3.18. The molecule has 2 aromatic carbocycles. The van der Waals surface area contributed by atoms with Crippen LogP contribution in [-0.4, -0.2) is 28.3 Å². The maximum absolute atomic E-state index is 14.2. The molecule has 1 atom stereocenters. The first-order chi connectivity index (χ1) is 13.6. The predicted octanol–water partition coefficient (Wildman–Crippen LogP) is 4.74. The van der Waals surface area contributed by atoms with Crippen molar-refractivity contribution in [2.75, 3.05) is 0 Å².